The summed E-state index contributed by atoms with van der Waals surface area (Å²) in [6.07, 6.45) is 3.24. The lowest BCUT2D eigenvalue weighted by Crippen LogP contribution is -2.01. The molecule has 0 aliphatic rings. The molecule has 4 rings (SSSR count). The molecule has 2 aromatic carbocycles. The van der Waals surface area contributed by atoms with E-state index in [9.17, 15) is 4.79 Å². The zero-order valence-corrected chi connectivity index (χ0v) is 12.8. The number of aromatic nitrogens is 2. The summed E-state index contributed by atoms with van der Waals surface area (Å²) in [4.78, 5) is 14.9. The van der Waals surface area contributed by atoms with Gasteiger partial charge in [0.2, 0.25) is 0 Å². The summed E-state index contributed by atoms with van der Waals surface area (Å²) in [5.74, 6) is 0.422. The Balaban J connectivity index is 2.06. The van der Waals surface area contributed by atoms with Gasteiger partial charge in [0, 0.05) is 11.6 Å². The van der Waals surface area contributed by atoms with E-state index in [-0.39, 0.29) is 0 Å². The first-order valence-electron chi connectivity index (χ1n) is 7.59. The maximum absolute atomic E-state index is 10.9. The lowest BCUT2D eigenvalue weighted by Gasteiger charge is -2.13. The molecule has 0 amide bonds. The molecule has 116 valence electrons. The number of carbonyl (C=O) groups excluding carboxylic acids is 1. The van der Waals surface area contributed by atoms with Gasteiger partial charge in [0.1, 0.15) is 0 Å². The molecule has 4 aromatic rings. The van der Waals surface area contributed by atoms with Crippen LogP contribution in [0.3, 0.4) is 0 Å². The molecule has 2 aromatic heterocycles. The smallest absolute Gasteiger partial charge is 0.298 e. The van der Waals surface area contributed by atoms with Gasteiger partial charge >= 0.3 is 0 Å². The van der Waals surface area contributed by atoms with Gasteiger partial charge in [0.05, 0.1) is 23.1 Å². The molecule has 0 bridgehead atoms. The third-order valence-corrected chi connectivity index (χ3v) is 3.96. The molecule has 0 atom stereocenters. The van der Waals surface area contributed by atoms with Crippen molar-refractivity contribution in [3.8, 4) is 22.7 Å². The third-order valence-electron chi connectivity index (χ3n) is 3.96. The van der Waals surface area contributed by atoms with Crippen molar-refractivity contribution < 1.29 is 9.53 Å². The molecule has 0 unspecified atom stereocenters. The number of hydrogen-bond acceptors (Lipinski definition) is 3. The number of pyridine rings is 1. The SMILES string of the molecule is O=COc1cnccc1-n1c(-c2ccccc2)cc2ccccc21. The highest BCUT2D eigenvalue weighted by atomic mass is 16.5. The van der Waals surface area contributed by atoms with E-state index in [1.54, 1.807) is 12.4 Å². The average molecular weight is 314 g/mol. The Labute approximate surface area is 139 Å². The maximum Gasteiger partial charge on any atom is 0.298 e. The molecule has 4 nitrogen and oxygen atoms in total. The van der Waals surface area contributed by atoms with E-state index in [0.717, 1.165) is 27.8 Å². The van der Waals surface area contributed by atoms with Crippen LogP contribution in [-0.4, -0.2) is 16.0 Å². The van der Waals surface area contributed by atoms with Crippen molar-refractivity contribution in [3.63, 3.8) is 0 Å². The number of nitrogens with zero attached hydrogens (tertiary/aromatic N) is 2. The lowest BCUT2D eigenvalue weighted by molar-refractivity contribution is -0.120. The molecule has 2 heterocycles. The summed E-state index contributed by atoms with van der Waals surface area (Å²) in [6, 6.07) is 22.2. The lowest BCUT2D eigenvalue weighted by atomic mass is 10.1. The molecule has 0 saturated heterocycles. The number of fused-ring (bicyclic) bond motifs is 1. The predicted octanol–water partition coefficient (Wildman–Crippen LogP) is 4.23. The Morgan fingerprint density at radius 3 is 2.58 bits per heavy atom. The first-order chi connectivity index (χ1) is 11.9. The van der Waals surface area contributed by atoms with E-state index in [2.05, 4.69) is 33.8 Å². The first-order valence-corrected chi connectivity index (χ1v) is 7.59. The van der Waals surface area contributed by atoms with E-state index in [0.29, 0.717) is 12.2 Å². The topological polar surface area (TPSA) is 44.1 Å². The van der Waals surface area contributed by atoms with Crippen molar-refractivity contribution in [2.24, 2.45) is 0 Å². The van der Waals surface area contributed by atoms with Crippen molar-refractivity contribution in [3.05, 3.63) is 79.1 Å². The Bertz CT molecular complexity index is 1010. The number of hydrogen-bond donors (Lipinski definition) is 0. The number of benzene rings is 2. The van der Waals surface area contributed by atoms with Gasteiger partial charge in [-0.05, 0) is 23.8 Å². The second-order valence-corrected chi connectivity index (χ2v) is 5.35. The number of para-hydroxylation sites is 1. The Morgan fingerprint density at radius 2 is 1.75 bits per heavy atom. The largest absolute Gasteiger partial charge is 0.425 e. The van der Waals surface area contributed by atoms with E-state index in [1.807, 2.05) is 42.5 Å². The Hall–Kier alpha value is -3.40. The van der Waals surface area contributed by atoms with E-state index >= 15 is 0 Å². The van der Waals surface area contributed by atoms with Crippen molar-refractivity contribution in [2.75, 3.05) is 0 Å². The normalized spacial score (nSPS) is 10.7. The van der Waals surface area contributed by atoms with E-state index < -0.39 is 0 Å². The van der Waals surface area contributed by atoms with Crippen LogP contribution in [0.15, 0.2) is 79.1 Å². The van der Waals surface area contributed by atoms with Gasteiger partial charge in [-0.15, -0.1) is 0 Å². The van der Waals surface area contributed by atoms with Crippen LogP contribution in [0.25, 0.3) is 27.8 Å². The summed E-state index contributed by atoms with van der Waals surface area (Å²) >= 11 is 0. The molecule has 0 N–H and O–H groups in total. The zero-order chi connectivity index (χ0) is 16.4. The fourth-order valence-electron chi connectivity index (χ4n) is 2.94. The zero-order valence-electron chi connectivity index (χ0n) is 12.8. The highest BCUT2D eigenvalue weighted by molar-refractivity contribution is 5.89. The summed E-state index contributed by atoms with van der Waals surface area (Å²) in [7, 11) is 0. The third kappa shape index (κ3) is 2.34. The van der Waals surface area contributed by atoms with Crippen LogP contribution in [-0.2, 0) is 4.79 Å². The highest BCUT2D eigenvalue weighted by Gasteiger charge is 2.15. The van der Waals surface area contributed by atoms with Gasteiger partial charge in [-0.1, -0.05) is 48.5 Å². The minimum Gasteiger partial charge on any atom is -0.425 e. The molecular formula is C20H14N2O2. The van der Waals surface area contributed by atoms with E-state index in [1.165, 1.54) is 0 Å². The van der Waals surface area contributed by atoms with Gasteiger partial charge in [0.15, 0.2) is 5.75 Å². The molecule has 0 aliphatic heterocycles. The second kappa shape index (κ2) is 6.01. The molecular weight excluding hydrogens is 300 g/mol. The number of ether oxygens (including phenoxy) is 1. The minimum atomic E-state index is 0.422. The fraction of sp³-hybridized carbons (Fsp3) is 0. The minimum absolute atomic E-state index is 0.422. The van der Waals surface area contributed by atoms with Crippen LogP contribution in [0.5, 0.6) is 5.75 Å². The predicted molar refractivity (Wildman–Crippen MR) is 93.2 cm³/mol. The summed E-state index contributed by atoms with van der Waals surface area (Å²) in [5.41, 5.74) is 3.93. The van der Waals surface area contributed by atoms with Crippen LogP contribution in [0.1, 0.15) is 0 Å². The van der Waals surface area contributed by atoms with Crippen molar-refractivity contribution >= 4 is 17.4 Å². The monoisotopic (exact) mass is 314 g/mol. The van der Waals surface area contributed by atoms with Crippen molar-refractivity contribution in [1.29, 1.82) is 0 Å². The van der Waals surface area contributed by atoms with Gasteiger partial charge in [-0.25, -0.2) is 0 Å². The number of rotatable bonds is 4. The summed E-state index contributed by atoms with van der Waals surface area (Å²) in [5, 5.41) is 1.12. The van der Waals surface area contributed by atoms with Gasteiger partial charge in [-0.2, -0.15) is 0 Å². The number of carbonyl (C=O) groups is 1. The summed E-state index contributed by atoms with van der Waals surface area (Å²) < 4.78 is 7.23. The quantitative estimate of drug-likeness (QED) is 0.530. The van der Waals surface area contributed by atoms with Crippen LogP contribution in [0, 0.1) is 0 Å². The van der Waals surface area contributed by atoms with Crippen LogP contribution >= 0.6 is 0 Å². The second-order valence-electron chi connectivity index (χ2n) is 5.35. The van der Waals surface area contributed by atoms with Crippen molar-refractivity contribution in [2.45, 2.75) is 0 Å². The van der Waals surface area contributed by atoms with Gasteiger partial charge < -0.3 is 9.30 Å². The molecule has 0 aliphatic carbocycles. The average Bonchev–Trinajstić information content (AvgIpc) is 3.03. The standard InChI is InChI=1S/C20H14N2O2/c23-14-24-20-13-21-11-10-18(20)22-17-9-5-4-8-16(17)12-19(22)15-6-2-1-3-7-15/h1-14H. The highest BCUT2D eigenvalue weighted by Crippen LogP contribution is 2.34. The van der Waals surface area contributed by atoms with Gasteiger partial charge in [-0.3, -0.25) is 9.78 Å². The van der Waals surface area contributed by atoms with Crippen LogP contribution in [0.2, 0.25) is 0 Å². The molecule has 0 radical (unpaired) electrons. The summed E-state index contributed by atoms with van der Waals surface area (Å²) in [6.45, 7) is 0.425. The molecule has 0 fully saturated rings. The Morgan fingerprint density at radius 1 is 0.958 bits per heavy atom. The van der Waals surface area contributed by atoms with E-state index in [4.69, 9.17) is 4.74 Å². The van der Waals surface area contributed by atoms with Gasteiger partial charge in [0.25, 0.3) is 6.47 Å². The fourth-order valence-corrected chi connectivity index (χ4v) is 2.94. The molecule has 24 heavy (non-hydrogen) atoms. The molecule has 4 heteroatoms. The maximum atomic E-state index is 10.9. The molecule has 0 spiro atoms. The first kappa shape index (κ1) is 14.2. The van der Waals surface area contributed by atoms with Crippen LogP contribution < -0.4 is 4.74 Å². The Kier molecular flexibility index (Phi) is 3.56. The molecule has 0 saturated carbocycles. The van der Waals surface area contributed by atoms with Crippen LogP contribution in [0.4, 0.5) is 0 Å². The van der Waals surface area contributed by atoms with Crippen molar-refractivity contribution in [1.82, 2.24) is 9.55 Å².